The Labute approximate surface area is 133 Å². The van der Waals surface area contributed by atoms with Gasteiger partial charge < -0.3 is 5.11 Å². The number of anilines is 1. The lowest BCUT2D eigenvalue weighted by Crippen LogP contribution is -2.11. The molecule has 1 aromatic heterocycles. The molecule has 5 nitrogen and oxygen atoms in total. The minimum atomic E-state index is -4.01. The van der Waals surface area contributed by atoms with Gasteiger partial charge in [0.1, 0.15) is 9.09 Å². The zero-order valence-corrected chi connectivity index (χ0v) is 13.1. The third-order valence-corrected chi connectivity index (χ3v) is 5.79. The molecule has 0 aliphatic heterocycles. The highest BCUT2D eigenvalue weighted by Crippen LogP contribution is 2.30. The summed E-state index contributed by atoms with van der Waals surface area (Å²) in [5, 5.41) is 8.10. The number of carbonyl (C=O) groups is 1. The van der Waals surface area contributed by atoms with Gasteiger partial charge in [0.05, 0.1) is 15.7 Å². The first kappa shape index (κ1) is 16.0. The highest BCUT2D eigenvalue weighted by atomic mass is 35.5. The minimum Gasteiger partial charge on any atom is -0.477 e. The maximum Gasteiger partial charge on any atom is 0.345 e. The Hall–Kier alpha value is -1.35. The summed E-state index contributed by atoms with van der Waals surface area (Å²) in [6, 6.07) is 4.45. The Bertz CT molecular complexity index is 796. The van der Waals surface area contributed by atoms with Gasteiger partial charge in [0.25, 0.3) is 10.0 Å². The molecule has 0 fully saturated rings. The van der Waals surface area contributed by atoms with E-state index in [0.29, 0.717) is 11.3 Å². The van der Waals surface area contributed by atoms with Crippen LogP contribution in [0.1, 0.15) is 9.67 Å². The van der Waals surface area contributed by atoms with E-state index in [4.69, 9.17) is 28.3 Å². The van der Waals surface area contributed by atoms with Crippen LogP contribution in [0.3, 0.4) is 0 Å². The summed E-state index contributed by atoms with van der Waals surface area (Å²) in [6.07, 6.45) is 0. The van der Waals surface area contributed by atoms with Gasteiger partial charge in [-0.3, -0.25) is 4.72 Å². The van der Waals surface area contributed by atoms with Crippen LogP contribution < -0.4 is 4.72 Å². The van der Waals surface area contributed by atoms with Crippen LogP contribution in [0.5, 0.6) is 0 Å². The number of nitrogens with one attached hydrogen (secondary N) is 1. The summed E-state index contributed by atoms with van der Waals surface area (Å²) in [7, 11) is -4.01. The Balaban J connectivity index is 2.35. The molecule has 1 heterocycles. The van der Waals surface area contributed by atoms with Crippen molar-refractivity contribution in [2.75, 3.05) is 4.72 Å². The third kappa shape index (κ3) is 3.46. The van der Waals surface area contributed by atoms with E-state index in [9.17, 15) is 17.6 Å². The molecule has 0 unspecified atom stereocenters. The van der Waals surface area contributed by atoms with Crippen LogP contribution in [0.15, 0.2) is 28.5 Å². The van der Waals surface area contributed by atoms with E-state index in [1.165, 1.54) is 6.07 Å². The Morgan fingerprint density at radius 2 is 1.81 bits per heavy atom. The predicted octanol–water partition coefficient (Wildman–Crippen LogP) is 3.69. The van der Waals surface area contributed by atoms with E-state index in [1.54, 1.807) is 0 Å². The van der Waals surface area contributed by atoms with Crippen LogP contribution in [-0.4, -0.2) is 19.5 Å². The number of hydrogen-bond acceptors (Lipinski definition) is 4. The van der Waals surface area contributed by atoms with E-state index in [1.807, 2.05) is 0 Å². The monoisotopic (exact) mass is 369 g/mol. The fourth-order valence-corrected chi connectivity index (χ4v) is 4.07. The highest BCUT2D eigenvalue weighted by molar-refractivity contribution is 7.94. The minimum absolute atomic E-state index is 0.0309. The maximum absolute atomic E-state index is 13.3. The summed E-state index contributed by atoms with van der Waals surface area (Å²) in [6.45, 7) is 0. The lowest BCUT2D eigenvalue weighted by atomic mass is 10.3. The zero-order chi connectivity index (χ0) is 15.8. The lowest BCUT2D eigenvalue weighted by Gasteiger charge is -2.08. The van der Waals surface area contributed by atoms with Crippen molar-refractivity contribution in [1.82, 2.24) is 0 Å². The van der Waals surface area contributed by atoms with E-state index in [-0.39, 0.29) is 24.8 Å². The molecular formula is C11H6Cl2FNO4S2. The van der Waals surface area contributed by atoms with Crippen molar-refractivity contribution in [1.29, 1.82) is 0 Å². The van der Waals surface area contributed by atoms with Gasteiger partial charge in [0, 0.05) is 0 Å². The van der Waals surface area contributed by atoms with E-state index < -0.39 is 21.8 Å². The van der Waals surface area contributed by atoms with Gasteiger partial charge in [-0.2, -0.15) is 0 Å². The van der Waals surface area contributed by atoms with Crippen LogP contribution in [0.25, 0.3) is 0 Å². The van der Waals surface area contributed by atoms with E-state index in [2.05, 4.69) is 4.72 Å². The molecule has 0 saturated carbocycles. The SMILES string of the molecule is O=C(O)c1ccc(S(=O)(=O)Nc2cc(Cl)c(F)c(Cl)c2)s1. The number of sulfonamides is 1. The van der Waals surface area contributed by atoms with Crippen LogP contribution >= 0.6 is 34.5 Å². The Morgan fingerprint density at radius 3 is 2.29 bits per heavy atom. The van der Waals surface area contributed by atoms with Gasteiger partial charge in [0.2, 0.25) is 0 Å². The molecule has 0 aliphatic rings. The van der Waals surface area contributed by atoms with Gasteiger partial charge >= 0.3 is 5.97 Å². The topological polar surface area (TPSA) is 83.5 Å². The van der Waals surface area contributed by atoms with Gasteiger partial charge in [-0.05, 0) is 24.3 Å². The summed E-state index contributed by atoms with van der Waals surface area (Å²) in [5.41, 5.74) is -0.0309. The molecule has 0 atom stereocenters. The number of rotatable bonds is 4. The van der Waals surface area contributed by atoms with Gasteiger partial charge in [0.15, 0.2) is 5.82 Å². The first-order chi connectivity index (χ1) is 9.70. The first-order valence-electron chi connectivity index (χ1n) is 5.21. The van der Waals surface area contributed by atoms with Crippen molar-refractivity contribution in [2.24, 2.45) is 0 Å². The number of aromatic carboxylic acids is 1. The van der Waals surface area contributed by atoms with Crippen molar-refractivity contribution < 1.29 is 22.7 Å². The quantitative estimate of drug-likeness (QED) is 0.804. The van der Waals surface area contributed by atoms with E-state index >= 15 is 0 Å². The molecule has 0 saturated heterocycles. The van der Waals surface area contributed by atoms with Crippen molar-refractivity contribution in [3.05, 3.63) is 45.0 Å². The van der Waals surface area contributed by atoms with E-state index in [0.717, 1.165) is 18.2 Å². The van der Waals surface area contributed by atoms with Crippen LogP contribution in [-0.2, 0) is 10.0 Å². The molecule has 10 heteroatoms. The molecular weight excluding hydrogens is 364 g/mol. The Morgan fingerprint density at radius 1 is 1.24 bits per heavy atom. The normalized spacial score (nSPS) is 11.4. The van der Waals surface area contributed by atoms with Crippen molar-refractivity contribution >= 4 is 56.2 Å². The average molecular weight is 370 g/mol. The van der Waals surface area contributed by atoms with Gasteiger partial charge in [-0.25, -0.2) is 17.6 Å². The largest absolute Gasteiger partial charge is 0.477 e. The lowest BCUT2D eigenvalue weighted by molar-refractivity contribution is 0.0702. The summed E-state index contributed by atoms with van der Waals surface area (Å²) >= 11 is 11.7. The molecule has 2 N–H and O–H groups in total. The second-order valence-corrected chi connectivity index (χ2v) is 7.59. The molecule has 1 aromatic carbocycles. The van der Waals surface area contributed by atoms with Crippen molar-refractivity contribution in [3.63, 3.8) is 0 Å². The second-order valence-electron chi connectivity index (χ2n) is 3.78. The number of halogens is 3. The third-order valence-electron chi connectivity index (χ3n) is 2.29. The fourth-order valence-electron chi connectivity index (χ4n) is 1.40. The van der Waals surface area contributed by atoms with Gasteiger partial charge in [-0.1, -0.05) is 23.2 Å². The average Bonchev–Trinajstić information content (AvgIpc) is 2.85. The molecule has 0 aliphatic carbocycles. The molecule has 0 bridgehead atoms. The summed E-state index contributed by atoms with van der Waals surface area (Å²) in [5.74, 6) is -2.08. The van der Waals surface area contributed by atoms with Crippen molar-refractivity contribution in [2.45, 2.75) is 4.21 Å². The standard InChI is InChI=1S/C11H6Cl2FNO4S2/c12-6-3-5(4-7(13)10(6)14)15-21(18,19)9-2-1-8(20-9)11(16)17/h1-4,15H,(H,16,17). The smallest absolute Gasteiger partial charge is 0.345 e. The van der Waals surface area contributed by atoms with Crippen LogP contribution in [0.4, 0.5) is 10.1 Å². The molecule has 112 valence electrons. The number of benzene rings is 1. The zero-order valence-electron chi connectivity index (χ0n) is 9.93. The number of thiophene rings is 1. The number of carboxylic acids is 1. The molecule has 0 radical (unpaired) electrons. The Kier molecular flexibility index (Phi) is 4.43. The second kappa shape index (κ2) is 5.80. The summed E-state index contributed by atoms with van der Waals surface area (Å²) in [4.78, 5) is 10.6. The molecule has 2 aromatic rings. The molecule has 2 rings (SSSR count). The molecule has 0 spiro atoms. The first-order valence-corrected chi connectivity index (χ1v) is 8.27. The maximum atomic E-state index is 13.3. The van der Waals surface area contributed by atoms with Gasteiger partial charge in [-0.15, -0.1) is 11.3 Å². The van der Waals surface area contributed by atoms with Crippen molar-refractivity contribution in [3.8, 4) is 0 Å². The fraction of sp³-hybridized carbons (Fsp3) is 0. The summed E-state index contributed by atoms with van der Waals surface area (Å²) < 4.78 is 39.3. The number of hydrogen-bond donors (Lipinski definition) is 2. The number of carboxylic acid groups (broad SMARTS) is 1. The van der Waals surface area contributed by atoms with Crippen LogP contribution in [0, 0.1) is 5.82 Å². The highest BCUT2D eigenvalue weighted by Gasteiger charge is 2.20. The predicted molar refractivity (Wildman–Crippen MR) is 78.5 cm³/mol. The molecule has 21 heavy (non-hydrogen) atoms. The van der Waals surface area contributed by atoms with Crippen LogP contribution in [0.2, 0.25) is 10.0 Å². The molecule has 0 amide bonds.